The highest BCUT2D eigenvalue weighted by Gasteiger charge is 2.41. The first-order valence-electron chi connectivity index (χ1n) is 10.7. The molecular weight excluding hydrogens is 381 g/mol. The molecule has 2 fully saturated rings. The van der Waals surface area contributed by atoms with Gasteiger partial charge in [-0.2, -0.15) is 0 Å². The van der Waals surface area contributed by atoms with E-state index in [1.165, 1.54) is 12.1 Å². The highest BCUT2D eigenvalue weighted by atomic mass is 19.4. The van der Waals surface area contributed by atoms with E-state index in [1.807, 2.05) is 6.07 Å². The maximum atomic E-state index is 12.7. The summed E-state index contributed by atoms with van der Waals surface area (Å²) in [7, 11) is 2.13. The van der Waals surface area contributed by atoms with Gasteiger partial charge in [0.25, 0.3) is 0 Å². The van der Waals surface area contributed by atoms with Crippen molar-refractivity contribution in [3.63, 3.8) is 0 Å². The molecule has 1 heterocycles. The Morgan fingerprint density at radius 3 is 2.59 bits per heavy atom. The molecule has 164 valence electrons. The van der Waals surface area contributed by atoms with E-state index in [4.69, 9.17) is 0 Å². The van der Waals surface area contributed by atoms with Crippen LogP contribution in [0.3, 0.4) is 0 Å². The van der Waals surface area contributed by atoms with Gasteiger partial charge in [-0.05, 0) is 44.0 Å². The first kappa shape index (κ1) is 22.4. The topological polar surface area (TPSA) is 35.9 Å². The minimum atomic E-state index is -4.72. The number of likely N-dealkylation sites (N-methyl/N-ethyl adjacent to an activating group) is 1. The monoisotopic (exact) mass is 414 g/mol. The molecule has 0 radical (unpaired) electrons. The first-order valence-corrected chi connectivity index (χ1v) is 10.7. The van der Waals surface area contributed by atoms with Gasteiger partial charge < -0.3 is 14.7 Å². The van der Waals surface area contributed by atoms with E-state index in [-0.39, 0.29) is 11.7 Å². The molecule has 0 aromatic heterocycles. The highest BCUT2D eigenvalue weighted by molar-refractivity contribution is 5.33. The van der Waals surface area contributed by atoms with Gasteiger partial charge in [0.15, 0.2) is 0 Å². The fourth-order valence-corrected chi connectivity index (χ4v) is 4.90. The van der Waals surface area contributed by atoms with Crippen LogP contribution in [0.5, 0.6) is 5.75 Å². The number of rotatable bonds is 6. The molecule has 2 atom stereocenters. The van der Waals surface area contributed by atoms with E-state index in [0.29, 0.717) is 25.4 Å². The Morgan fingerprint density at radius 1 is 1.21 bits per heavy atom. The molecule has 7 heteroatoms. The molecule has 1 aliphatic heterocycles. The van der Waals surface area contributed by atoms with Crippen LogP contribution in [-0.2, 0) is 0 Å². The summed E-state index contributed by atoms with van der Waals surface area (Å²) in [5.41, 5.74) is -0.164. The van der Waals surface area contributed by atoms with Crippen LogP contribution in [0.25, 0.3) is 0 Å². The summed E-state index contributed by atoms with van der Waals surface area (Å²) in [5, 5.41) is 11.5. The number of benzene rings is 1. The second-order valence-corrected chi connectivity index (χ2v) is 8.64. The lowest BCUT2D eigenvalue weighted by atomic mass is 9.72. The third-order valence-corrected chi connectivity index (χ3v) is 6.64. The van der Waals surface area contributed by atoms with E-state index < -0.39 is 12.0 Å². The van der Waals surface area contributed by atoms with Crippen molar-refractivity contribution < 1.29 is 23.0 Å². The first-order chi connectivity index (χ1) is 13.7. The fraction of sp³-hybridized carbons (Fsp3) is 0.727. The van der Waals surface area contributed by atoms with Crippen molar-refractivity contribution in [1.82, 2.24) is 9.80 Å². The van der Waals surface area contributed by atoms with Crippen molar-refractivity contribution in [3.05, 3.63) is 29.8 Å². The zero-order valence-electron chi connectivity index (χ0n) is 17.4. The minimum Gasteiger partial charge on any atom is -0.406 e. The maximum Gasteiger partial charge on any atom is 0.573 e. The largest absolute Gasteiger partial charge is 0.573 e. The third-order valence-electron chi connectivity index (χ3n) is 6.64. The minimum absolute atomic E-state index is 0.218. The molecule has 1 aromatic rings. The normalized spacial score (nSPS) is 25.0. The number of nitrogens with zero attached hydrogens (tertiary/aromatic N) is 2. The van der Waals surface area contributed by atoms with Crippen molar-refractivity contribution in [2.24, 2.45) is 0 Å². The van der Waals surface area contributed by atoms with Crippen LogP contribution in [0, 0.1) is 0 Å². The summed E-state index contributed by atoms with van der Waals surface area (Å²) in [6.45, 7) is 5.60. The van der Waals surface area contributed by atoms with Gasteiger partial charge >= 0.3 is 6.36 Å². The molecule has 29 heavy (non-hydrogen) atoms. The molecule has 1 N–H and O–H groups in total. The van der Waals surface area contributed by atoms with E-state index in [9.17, 15) is 18.3 Å². The number of hydrogen-bond donors (Lipinski definition) is 1. The number of ether oxygens (including phenoxy) is 1. The zero-order valence-corrected chi connectivity index (χ0v) is 17.4. The predicted molar refractivity (Wildman–Crippen MR) is 107 cm³/mol. The van der Waals surface area contributed by atoms with Gasteiger partial charge in [0.2, 0.25) is 0 Å². The summed E-state index contributed by atoms with van der Waals surface area (Å²) < 4.78 is 42.3. The molecule has 1 saturated heterocycles. The smallest absolute Gasteiger partial charge is 0.406 e. The van der Waals surface area contributed by atoms with Crippen molar-refractivity contribution >= 4 is 0 Å². The molecule has 0 bridgehead atoms. The number of halogens is 3. The Labute approximate surface area is 171 Å². The molecule has 1 saturated carbocycles. The quantitative estimate of drug-likeness (QED) is 0.749. The van der Waals surface area contributed by atoms with Gasteiger partial charge in [-0.15, -0.1) is 13.2 Å². The van der Waals surface area contributed by atoms with Gasteiger partial charge in [-0.1, -0.05) is 38.3 Å². The molecule has 1 aromatic carbocycles. The van der Waals surface area contributed by atoms with Gasteiger partial charge in [0.1, 0.15) is 5.75 Å². The van der Waals surface area contributed by atoms with Crippen LogP contribution in [0.2, 0.25) is 0 Å². The predicted octanol–water partition coefficient (Wildman–Crippen LogP) is 4.39. The lowest BCUT2D eigenvalue weighted by Crippen LogP contribution is -2.54. The fourth-order valence-electron chi connectivity index (χ4n) is 4.90. The molecule has 0 amide bonds. The summed E-state index contributed by atoms with van der Waals surface area (Å²) in [5.74, 6) is -0.454. The Balaban J connectivity index is 1.85. The van der Waals surface area contributed by atoms with Crippen LogP contribution < -0.4 is 4.74 Å². The number of hydrogen-bond acceptors (Lipinski definition) is 4. The van der Waals surface area contributed by atoms with E-state index in [2.05, 4.69) is 28.5 Å². The molecular formula is C22H33F3N2O2. The van der Waals surface area contributed by atoms with Crippen molar-refractivity contribution in [1.29, 1.82) is 0 Å². The zero-order chi connectivity index (χ0) is 21.1. The summed E-state index contributed by atoms with van der Waals surface area (Å²) in [4.78, 5) is 4.72. The van der Waals surface area contributed by atoms with Crippen molar-refractivity contribution in [2.45, 2.75) is 69.4 Å². The van der Waals surface area contributed by atoms with Crippen LogP contribution in [0.1, 0.15) is 56.9 Å². The maximum absolute atomic E-state index is 12.7. The lowest BCUT2D eigenvalue weighted by Gasteiger charge is -2.45. The van der Waals surface area contributed by atoms with Crippen LogP contribution >= 0.6 is 0 Å². The van der Waals surface area contributed by atoms with Crippen molar-refractivity contribution in [2.75, 3.05) is 33.2 Å². The Hall–Kier alpha value is -1.31. The summed E-state index contributed by atoms with van der Waals surface area (Å²) in [6, 6.07) is 6.66. The Morgan fingerprint density at radius 2 is 1.93 bits per heavy atom. The lowest BCUT2D eigenvalue weighted by molar-refractivity contribution is -0.274. The average Bonchev–Trinajstić information content (AvgIpc) is 2.66. The molecule has 0 spiro atoms. The Bertz CT molecular complexity index is 662. The van der Waals surface area contributed by atoms with Gasteiger partial charge in [0, 0.05) is 38.1 Å². The van der Waals surface area contributed by atoms with E-state index >= 15 is 0 Å². The molecule has 1 aliphatic carbocycles. The molecule has 3 rings (SSSR count). The van der Waals surface area contributed by atoms with Gasteiger partial charge in [0.05, 0.1) is 5.60 Å². The third kappa shape index (κ3) is 5.86. The van der Waals surface area contributed by atoms with Gasteiger partial charge in [-0.3, -0.25) is 4.90 Å². The average molecular weight is 415 g/mol. The molecule has 4 nitrogen and oxygen atoms in total. The number of alkyl halides is 3. The van der Waals surface area contributed by atoms with Crippen LogP contribution in [-0.4, -0.2) is 66.1 Å². The SMILES string of the molecule is CC[C@H]1CN(CC(c2cccc(OC(F)(F)F)c2)C2(O)CCCCC2)CCN1C. The van der Waals surface area contributed by atoms with E-state index in [0.717, 1.165) is 50.9 Å². The standard InChI is InChI=1S/C22H33F3N2O2/c1-3-18-15-27(13-12-26(18)2)16-20(21(28)10-5-4-6-11-21)17-8-7-9-19(14-17)29-22(23,24)25/h7-9,14,18,20,28H,3-6,10-13,15-16H2,1-2H3/t18-,20?/m0/s1. The van der Waals surface area contributed by atoms with Crippen molar-refractivity contribution in [3.8, 4) is 5.75 Å². The molecule has 2 aliphatic rings. The van der Waals surface area contributed by atoms with E-state index in [1.54, 1.807) is 6.07 Å². The number of piperazine rings is 1. The molecule has 1 unspecified atom stereocenters. The van der Waals surface area contributed by atoms with Gasteiger partial charge in [-0.25, -0.2) is 0 Å². The summed E-state index contributed by atoms with van der Waals surface area (Å²) in [6.07, 6.45) is 0.704. The number of aliphatic hydroxyl groups is 1. The van der Waals surface area contributed by atoms with Crippen LogP contribution in [0.4, 0.5) is 13.2 Å². The summed E-state index contributed by atoms with van der Waals surface area (Å²) >= 11 is 0. The Kier molecular flexibility index (Phi) is 7.12. The van der Waals surface area contributed by atoms with Crippen LogP contribution in [0.15, 0.2) is 24.3 Å². The highest BCUT2D eigenvalue weighted by Crippen LogP contribution is 2.41. The second kappa shape index (κ2) is 9.23. The second-order valence-electron chi connectivity index (χ2n) is 8.64.